The van der Waals surface area contributed by atoms with Gasteiger partial charge in [0.1, 0.15) is 5.82 Å². The number of Topliss-reactive ketones (excluding diaryl/α,β-unsaturated/α-hetero) is 1. The lowest BCUT2D eigenvalue weighted by Gasteiger charge is -2.27. The Bertz CT molecular complexity index is 487. The molecule has 1 aliphatic heterocycles. The van der Waals surface area contributed by atoms with Gasteiger partial charge in [-0.2, -0.15) is 0 Å². The first kappa shape index (κ1) is 12.5. The molecule has 0 saturated carbocycles. The molecule has 2 heterocycles. The van der Waals surface area contributed by atoms with Crippen LogP contribution in [0, 0.1) is 6.92 Å². The largest absolute Gasteiger partial charge is 0.463 e. The van der Waals surface area contributed by atoms with E-state index in [9.17, 15) is 9.59 Å². The van der Waals surface area contributed by atoms with Crippen molar-refractivity contribution in [1.29, 1.82) is 0 Å². The highest BCUT2D eigenvalue weighted by atomic mass is 16.5. The summed E-state index contributed by atoms with van der Waals surface area (Å²) in [7, 11) is 1.29. The number of methoxy groups -OCH3 is 1. The summed E-state index contributed by atoms with van der Waals surface area (Å²) in [5, 5.41) is 0. The van der Waals surface area contributed by atoms with E-state index in [0.29, 0.717) is 24.5 Å². The molecule has 0 bridgehead atoms. The molecule has 6 heteroatoms. The summed E-state index contributed by atoms with van der Waals surface area (Å²) in [6, 6.07) is 1.77. The van der Waals surface area contributed by atoms with Gasteiger partial charge in [0, 0.05) is 24.7 Å². The summed E-state index contributed by atoms with van der Waals surface area (Å²) in [6.07, 6.45) is 1.43. The van der Waals surface area contributed by atoms with Crippen LogP contribution in [0.3, 0.4) is 0 Å². The fraction of sp³-hybridized carbons (Fsp3) is 0.500. The minimum atomic E-state index is -0.566. The van der Waals surface area contributed by atoms with Crippen LogP contribution in [0.4, 0.5) is 5.82 Å². The topological polar surface area (TPSA) is 72.4 Å². The molecule has 6 nitrogen and oxygen atoms in total. The van der Waals surface area contributed by atoms with E-state index < -0.39 is 5.97 Å². The quantitative estimate of drug-likeness (QED) is 0.720. The lowest BCUT2D eigenvalue weighted by molar-refractivity contribution is -0.118. The molecule has 0 amide bonds. The number of aromatic nitrogens is 2. The maximum atomic E-state index is 11.4. The zero-order valence-corrected chi connectivity index (χ0v) is 10.5. The van der Waals surface area contributed by atoms with Crippen LogP contribution in [0.5, 0.6) is 0 Å². The van der Waals surface area contributed by atoms with Crippen LogP contribution in [0.15, 0.2) is 6.07 Å². The number of nitrogens with zero attached hydrogens (tertiary/aromatic N) is 3. The second-order valence-electron chi connectivity index (χ2n) is 4.25. The Morgan fingerprint density at radius 2 is 2.22 bits per heavy atom. The average molecular weight is 249 g/mol. The van der Waals surface area contributed by atoms with Crippen molar-refractivity contribution in [2.45, 2.75) is 19.8 Å². The number of carbonyl (C=O) groups is 2. The van der Waals surface area contributed by atoms with Crippen LogP contribution in [-0.4, -0.2) is 41.9 Å². The summed E-state index contributed by atoms with van der Waals surface area (Å²) >= 11 is 0. The molecule has 0 aliphatic carbocycles. The van der Waals surface area contributed by atoms with E-state index in [4.69, 9.17) is 0 Å². The van der Waals surface area contributed by atoms with Crippen molar-refractivity contribution in [3.8, 4) is 0 Å². The Kier molecular flexibility index (Phi) is 3.55. The number of rotatable bonds is 2. The van der Waals surface area contributed by atoms with Gasteiger partial charge in [0.25, 0.3) is 0 Å². The third kappa shape index (κ3) is 2.64. The molecule has 0 N–H and O–H groups in total. The van der Waals surface area contributed by atoms with Crippen molar-refractivity contribution in [2.75, 3.05) is 25.1 Å². The predicted molar refractivity (Wildman–Crippen MR) is 64.6 cm³/mol. The smallest absolute Gasteiger partial charge is 0.376 e. The number of esters is 1. The van der Waals surface area contributed by atoms with E-state index in [1.807, 2.05) is 4.90 Å². The third-order valence-electron chi connectivity index (χ3n) is 2.78. The van der Waals surface area contributed by atoms with Crippen molar-refractivity contribution in [2.24, 2.45) is 0 Å². The van der Waals surface area contributed by atoms with Gasteiger partial charge in [0.2, 0.25) is 5.82 Å². The molecular formula is C12H15N3O3. The van der Waals surface area contributed by atoms with Crippen molar-refractivity contribution in [3.63, 3.8) is 0 Å². The van der Waals surface area contributed by atoms with E-state index in [-0.39, 0.29) is 11.6 Å². The van der Waals surface area contributed by atoms with Crippen molar-refractivity contribution < 1.29 is 14.3 Å². The molecule has 2 rings (SSSR count). The highest BCUT2D eigenvalue weighted by molar-refractivity contribution is 5.86. The fourth-order valence-electron chi connectivity index (χ4n) is 1.93. The first-order chi connectivity index (χ1) is 8.60. The maximum absolute atomic E-state index is 11.4. The monoisotopic (exact) mass is 249 g/mol. The summed E-state index contributed by atoms with van der Waals surface area (Å²) in [4.78, 5) is 32.9. The first-order valence-electron chi connectivity index (χ1n) is 5.81. The SMILES string of the molecule is COC(=O)c1nc(C)cc(N2CCCC(=O)C2)n1. The molecule has 1 aromatic rings. The Balaban J connectivity index is 2.29. The lowest BCUT2D eigenvalue weighted by atomic mass is 10.1. The fourth-order valence-corrected chi connectivity index (χ4v) is 1.93. The molecule has 0 unspecified atom stereocenters. The zero-order valence-electron chi connectivity index (χ0n) is 10.5. The summed E-state index contributed by atoms with van der Waals surface area (Å²) in [5.74, 6) is 0.266. The standard InChI is InChI=1S/C12H15N3O3/c1-8-6-10(14-11(13-8)12(17)18-2)15-5-3-4-9(16)7-15/h6H,3-5,7H2,1-2H3. The van der Waals surface area contributed by atoms with Crippen molar-refractivity contribution in [3.05, 3.63) is 17.6 Å². The Labute approximate surface area is 105 Å². The van der Waals surface area contributed by atoms with E-state index in [2.05, 4.69) is 14.7 Å². The summed E-state index contributed by atoms with van der Waals surface area (Å²) < 4.78 is 4.61. The summed E-state index contributed by atoms with van der Waals surface area (Å²) in [6.45, 7) is 2.89. The van der Waals surface area contributed by atoms with Crippen molar-refractivity contribution in [1.82, 2.24) is 9.97 Å². The molecule has 18 heavy (non-hydrogen) atoms. The van der Waals surface area contributed by atoms with Gasteiger partial charge in [-0.3, -0.25) is 4.79 Å². The van der Waals surface area contributed by atoms with Gasteiger partial charge in [-0.15, -0.1) is 0 Å². The Morgan fingerprint density at radius 3 is 2.89 bits per heavy atom. The first-order valence-corrected chi connectivity index (χ1v) is 5.81. The Morgan fingerprint density at radius 1 is 1.44 bits per heavy atom. The van der Waals surface area contributed by atoms with Crippen LogP contribution in [0.25, 0.3) is 0 Å². The van der Waals surface area contributed by atoms with Crippen LogP contribution >= 0.6 is 0 Å². The number of carbonyl (C=O) groups excluding carboxylic acids is 2. The van der Waals surface area contributed by atoms with E-state index in [0.717, 1.165) is 13.0 Å². The van der Waals surface area contributed by atoms with E-state index >= 15 is 0 Å². The number of hydrogen-bond donors (Lipinski definition) is 0. The van der Waals surface area contributed by atoms with Crippen LogP contribution in [-0.2, 0) is 9.53 Å². The maximum Gasteiger partial charge on any atom is 0.376 e. The highest BCUT2D eigenvalue weighted by Crippen LogP contribution is 2.17. The third-order valence-corrected chi connectivity index (χ3v) is 2.78. The van der Waals surface area contributed by atoms with E-state index in [1.165, 1.54) is 7.11 Å². The van der Waals surface area contributed by atoms with Gasteiger partial charge in [0.15, 0.2) is 5.78 Å². The highest BCUT2D eigenvalue weighted by Gasteiger charge is 2.20. The van der Waals surface area contributed by atoms with Crippen molar-refractivity contribution >= 4 is 17.6 Å². The molecule has 1 aliphatic rings. The van der Waals surface area contributed by atoms with Crippen LogP contribution in [0.2, 0.25) is 0 Å². The molecule has 0 spiro atoms. The Hall–Kier alpha value is -1.98. The number of ether oxygens (including phenoxy) is 1. The molecular weight excluding hydrogens is 234 g/mol. The normalized spacial score (nSPS) is 15.7. The average Bonchev–Trinajstić information content (AvgIpc) is 2.37. The number of anilines is 1. The van der Waals surface area contributed by atoms with Gasteiger partial charge in [-0.25, -0.2) is 14.8 Å². The van der Waals surface area contributed by atoms with Gasteiger partial charge in [-0.05, 0) is 13.3 Å². The van der Waals surface area contributed by atoms with Gasteiger partial charge >= 0.3 is 5.97 Å². The lowest BCUT2D eigenvalue weighted by Crippen LogP contribution is -2.36. The van der Waals surface area contributed by atoms with Gasteiger partial charge in [-0.1, -0.05) is 0 Å². The van der Waals surface area contributed by atoms with Crippen LogP contribution < -0.4 is 4.90 Å². The molecule has 1 saturated heterocycles. The van der Waals surface area contributed by atoms with Gasteiger partial charge in [0.05, 0.1) is 13.7 Å². The number of piperidine rings is 1. The van der Waals surface area contributed by atoms with E-state index in [1.54, 1.807) is 13.0 Å². The van der Waals surface area contributed by atoms with Crippen LogP contribution in [0.1, 0.15) is 29.2 Å². The number of ketones is 1. The summed E-state index contributed by atoms with van der Waals surface area (Å²) in [5.41, 5.74) is 0.679. The second-order valence-corrected chi connectivity index (χ2v) is 4.25. The molecule has 0 aromatic carbocycles. The molecule has 0 atom stereocenters. The molecule has 1 fully saturated rings. The molecule has 0 radical (unpaired) electrons. The molecule has 96 valence electrons. The zero-order chi connectivity index (χ0) is 13.1. The number of aryl methyl sites for hydroxylation is 1. The molecule has 1 aromatic heterocycles. The second kappa shape index (κ2) is 5.12. The van der Waals surface area contributed by atoms with Gasteiger partial charge < -0.3 is 9.64 Å². The number of hydrogen-bond acceptors (Lipinski definition) is 6. The minimum Gasteiger partial charge on any atom is -0.463 e. The minimum absolute atomic E-state index is 0.0329. The predicted octanol–water partition coefficient (Wildman–Crippen LogP) is 0.741.